The monoisotopic (exact) mass is 209 g/mol. The molecule has 2 unspecified atom stereocenters. The molecule has 3 rings (SSSR count). The van der Waals surface area contributed by atoms with Gasteiger partial charge in [-0.05, 0) is 30.4 Å². The molecule has 1 saturated carbocycles. The summed E-state index contributed by atoms with van der Waals surface area (Å²) in [6.07, 6.45) is 13.3. The predicted octanol–water partition coefficient (Wildman–Crippen LogP) is 4.12. The first kappa shape index (κ1) is 9.89. The van der Waals surface area contributed by atoms with Crippen LogP contribution in [0.25, 0.3) is 0 Å². The molecule has 2 aliphatic carbocycles. The Kier molecular flexibility index (Phi) is 2.24. The molecule has 16 heavy (non-hydrogen) atoms. The van der Waals surface area contributed by atoms with Crippen LogP contribution in [0, 0.1) is 17.4 Å². The molecule has 0 N–H and O–H groups in total. The maximum Gasteiger partial charge on any atom is 0.0205 e. The van der Waals surface area contributed by atoms with Gasteiger partial charge in [0.25, 0.3) is 0 Å². The van der Waals surface area contributed by atoms with Crippen LogP contribution in [0.4, 0.5) is 0 Å². The van der Waals surface area contributed by atoms with Crippen molar-refractivity contribution in [2.45, 2.75) is 25.7 Å². The van der Waals surface area contributed by atoms with E-state index < -0.39 is 0 Å². The van der Waals surface area contributed by atoms with Crippen molar-refractivity contribution in [2.75, 3.05) is 0 Å². The maximum atomic E-state index is 3.59. The zero-order valence-electron chi connectivity index (χ0n) is 9.69. The van der Waals surface area contributed by atoms with E-state index in [1.807, 2.05) is 0 Å². The zero-order valence-corrected chi connectivity index (χ0v) is 9.69. The topological polar surface area (TPSA) is 0 Å². The summed E-state index contributed by atoms with van der Waals surface area (Å²) in [5.41, 5.74) is 1.58. The second-order valence-electron chi connectivity index (χ2n) is 5.16. The summed E-state index contributed by atoms with van der Waals surface area (Å²) in [4.78, 5) is 0. The van der Waals surface area contributed by atoms with Gasteiger partial charge in [0.05, 0.1) is 0 Å². The molecule has 0 spiro atoms. The Hall–Kier alpha value is -1.30. The SMILES string of the molecule is CC1(C2CC2)[C]=CC(c2ccccc2)C=C1. The van der Waals surface area contributed by atoms with Crippen LogP contribution in [0.2, 0.25) is 0 Å². The van der Waals surface area contributed by atoms with E-state index in [1.54, 1.807) is 0 Å². The van der Waals surface area contributed by atoms with Crippen molar-refractivity contribution in [3.63, 3.8) is 0 Å². The van der Waals surface area contributed by atoms with Crippen molar-refractivity contribution in [3.8, 4) is 0 Å². The highest BCUT2D eigenvalue weighted by Crippen LogP contribution is 2.49. The summed E-state index contributed by atoms with van der Waals surface area (Å²) in [5.74, 6) is 1.27. The normalized spacial score (nSPS) is 32.9. The number of hydrogen-bond donors (Lipinski definition) is 0. The highest BCUT2D eigenvalue weighted by atomic mass is 14.4. The lowest BCUT2D eigenvalue weighted by Crippen LogP contribution is -2.16. The van der Waals surface area contributed by atoms with E-state index in [0.29, 0.717) is 5.92 Å². The number of allylic oxidation sites excluding steroid dienone is 4. The predicted molar refractivity (Wildman–Crippen MR) is 67.0 cm³/mol. The fourth-order valence-corrected chi connectivity index (χ4v) is 2.50. The molecule has 0 aliphatic heterocycles. The van der Waals surface area contributed by atoms with Crippen LogP contribution >= 0.6 is 0 Å². The van der Waals surface area contributed by atoms with E-state index in [2.05, 4.69) is 61.6 Å². The van der Waals surface area contributed by atoms with Crippen LogP contribution in [-0.2, 0) is 0 Å². The van der Waals surface area contributed by atoms with Crippen molar-refractivity contribution < 1.29 is 0 Å². The second-order valence-corrected chi connectivity index (χ2v) is 5.16. The minimum atomic E-state index is 0.214. The lowest BCUT2D eigenvalue weighted by Gasteiger charge is -2.26. The summed E-state index contributed by atoms with van der Waals surface area (Å²) in [7, 11) is 0. The number of rotatable bonds is 2. The Bertz CT molecular complexity index is 407. The molecular weight excluding hydrogens is 192 g/mol. The molecule has 1 aromatic rings. The highest BCUT2D eigenvalue weighted by molar-refractivity contribution is 5.32. The molecule has 0 amide bonds. The van der Waals surface area contributed by atoms with Gasteiger partial charge in [-0.1, -0.05) is 55.5 Å². The van der Waals surface area contributed by atoms with E-state index in [4.69, 9.17) is 0 Å². The lowest BCUT2D eigenvalue weighted by molar-refractivity contribution is 0.447. The molecule has 2 atom stereocenters. The summed E-state index contributed by atoms with van der Waals surface area (Å²) in [5, 5.41) is 0. The Morgan fingerprint density at radius 1 is 1.19 bits per heavy atom. The summed E-state index contributed by atoms with van der Waals surface area (Å²) < 4.78 is 0. The van der Waals surface area contributed by atoms with Gasteiger partial charge in [-0.2, -0.15) is 0 Å². The molecule has 0 nitrogen and oxygen atoms in total. The van der Waals surface area contributed by atoms with Crippen molar-refractivity contribution in [1.29, 1.82) is 0 Å². The van der Waals surface area contributed by atoms with E-state index in [0.717, 1.165) is 5.92 Å². The third-order valence-corrected chi connectivity index (χ3v) is 3.83. The average molecular weight is 209 g/mol. The molecule has 0 saturated heterocycles. The van der Waals surface area contributed by atoms with Crippen LogP contribution in [0.15, 0.2) is 48.6 Å². The fraction of sp³-hybridized carbons (Fsp3) is 0.375. The van der Waals surface area contributed by atoms with Gasteiger partial charge in [0.2, 0.25) is 0 Å². The van der Waals surface area contributed by atoms with Crippen molar-refractivity contribution in [3.05, 3.63) is 60.2 Å². The average Bonchev–Trinajstić information content (AvgIpc) is 3.15. The minimum absolute atomic E-state index is 0.214. The molecule has 81 valence electrons. The lowest BCUT2D eigenvalue weighted by atomic mass is 9.78. The zero-order chi connectivity index (χ0) is 11.0. The summed E-state index contributed by atoms with van der Waals surface area (Å²) in [6, 6.07) is 10.6. The van der Waals surface area contributed by atoms with E-state index in [9.17, 15) is 0 Å². The summed E-state index contributed by atoms with van der Waals surface area (Å²) >= 11 is 0. The highest BCUT2D eigenvalue weighted by Gasteiger charge is 2.39. The van der Waals surface area contributed by atoms with Crippen LogP contribution in [0.3, 0.4) is 0 Å². The Balaban J connectivity index is 1.81. The third kappa shape index (κ3) is 1.73. The van der Waals surface area contributed by atoms with Gasteiger partial charge in [0.1, 0.15) is 0 Å². The number of hydrogen-bond acceptors (Lipinski definition) is 0. The van der Waals surface area contributed by atoms with Gasteiger partial charge < -0.3 is 0 Å². The van der Waals surface area contributed by atoms with Gasteiger partial charge in [-0.15, -0.1) is 0 Å². The number of benzene rings is 1. The quantitative estimate of drug-likeness (QED) is 0.643. The standard InChI is InChI=1S/C16H17/c1-16(15-7-8-15)11-9-14(10-12-16)13-5-3-2-4-6-13/h2-6,9-11,14-15H,7-8H2,1H3. The van der Waals surface area contributed by atoms with E-state index in [1.165, 1.54) is 18.4 Å². The Morgan fingerprint density at radius 3 is 2.50 bits per heavy atom. The molecule has 1 aromatic carbocycles. The van der Waals surface area contributed by atoms with Gasteiger partial charge in [0, 0.05) is 11.3 Å². The third-order valence-electron chi connectivity index (χ3n) is 3.83. The Labute approximate surface area is 97.7 Å². The van der Waals surface area contributed by atoms with Crippen LogP contribution < -0.4 is 0 Å². The molecule has 0 heteroatoms. The maximum absolute atomic E-state index is 3.59. The summed E-state index contributed by atoms with van der Waals surface area (Å²) in [6.45, 7) is 2.30. The molecule has 1 radical (unpaired) electrons. The fourth-order valence-electron chi connectivity index (χ4n) is 2.50. The molecule has 1 fully saturated rings. The van der Waals surface area contributed by atoms with E-state index >= 15 is 0 Å². The van der Waals surface area contributed by atoms with Crippen molar-refractivity contribution in [1.82, 2.24) is 0 Å². The van der Waals surface area contributed by atoms with Gasteiger partial charge in [-0.25, -0.2) is 0 Å². The smallest absolute Gasteiger partial charge is 0.0205 e. The molecule has 2 aliphatic rings. The largest absolute Gasteiger partial charge is 0.0770 e. The second kappa shape index (κ2) is 3.62. The van der Waals surface area contributed by atoms with Crippen LogP contribution in [0.5, 0.6) is 0 Å². The van der Waals surface area contributed by atoms with Gasteiger partial charge >= 0.3 is 0 Å². The first-order valence-electron chi connectivity index (χ1n) is 6.13. The van der Waals surface area contributed by atoms with Crippen molar-refractivity contribution in [2.24, 2.45) is 11.3 Å². The van der Waals surface area contributed by atoms with Crippen LogP contribution in [0.1, 0.15) is 31.2 Å². The van der Waals surface area contributed by atoms with Crippen molar-refractivity contribution >= 4 is 0 Å². The first-order valence-corrected chi connectivity index (χ1v) is 6.13. The first-order chi connectivity index (χ1) is 7.78. The molecule has 0 bridgehead atoms. The minimum Gasteiger partial charge on any atom is -0.0770 e. The Morgan fingerprint density at radius 2 is 1.94 bits per heavy atom. The van der Waals surface area contributed by atoms with Gasteiger partial charge in [-0.3, -0.25) is 0 Å². The molecular formula is C16H17. The molecule has 0 heterocycles. The van der Waals surface area contributed by atoms with Crippen LogP contribution in [-0.4, -0.2) is 0 Å². The van der Waals surface area contributed by atoms with Gasteiger partial charge in [0.15, 0.2) is 0 Å². The van der Waals surface area contributed by atoms with E-state index in [-0.39, 0.29) is 5.41 Å². The molecule has 0 aromatic heterocycles.